The Labute approximate surface area is 115 Å². The van der Waals surface area contributed by atoms with Crippen molar-refractivity contribution >= 4 is 11.6 Å². The Hall–Kier alpha value is -1.27. The van der Waals surface area contributed by atoms with Gasteiger partial charge in [0.05, 0.1) is 0 Å². The van der Waals surface area contributed by atoms with Crippen LogP contribution in [-0.4, -0.2) is 5.38 Å². The van der Waals surface area contributed by atoms with Crippen LogP contribution in [0.15, 0.2) is 54.6 Å². The fraction of sp³-hybridized carbons (Fsp3) is 0.294. The van der Waals surface area contributed by atoms with E-state index < -0.39 is 0 Å². The summed E-state index contributed by atoms with van der Waals surface area (Å²) >= 11 is 6.42. The van der Waals surface area contributed by atoms with Crippen LogP contribution >= 0.6 is 11.6 Å². The van der Waals surface area contributed by atoms with Crippen LogP contribution in [0.2, 0.25) is 0 Å². The first-order valence-electron chi connectivity index (χ1n) is 6.47. The summed E-state index contributed by atoms with van der Waals surface area (Å²) in [4.78, 5) is 0. The smallest absolute Gasteiger partial charge is 0.0379 e. The van der Waals surface area contributed by atoms with E-state index in [1.165, 1.54) is 16.7 Å². The van der Waals surface area contributed by atoms with Crippen molar-refractivity contribution in [2.45, 2.75) is 31.6 Å². The number of alkyl halides is 1. The van der Waals surface area contributed by atoms with Crippen LogP contribution < -0.4 is 0 Å². The Kier molecular flexibility index (Phi) is 4.83. The third-order valence-electron chi connectivity index (χ3n) is 3.13. The molecule has 0 spiro atoms. The molecule has 2 rings (SSSR count). The normalized spacial score (nSPS) is 12.3. The third kappa shape index (κ3) is 4.19. The lowest BCUT2D eigenvalue weighted by molar-refractivity contribution is 0.743. The Morgan fingerprint density at radius 3 is 2.39 bits per heavy atom. The van der Waals surface area contributed by atoms with Crippen molar-refractivity contribution in [3.8, 4) is 0 Å². The fourth-order valence-corrected chi connectivity index (χ4v) is 2.45. The van der Waals surface area contributed by atoms with Gasteiger partial charge in [0.2, 0.25) is 0 Å². The number of halogens is 1. The summed E-state index contributed by atoms with van der Waals surface area (Å²) in [5.41, 5.74) is 4.01. The molecule has 2 aromatic carbocycles. The van der Waals surface area contributed by atoms with Crippen molar-refractivity contribution in [3.63, 3.8) is 0 Å². The van der Waals surface area contributed by atoms with Gasteiger partial charge in [-0.25, -0.2) is 0 Å². The first kappa shape index (κ1) is 13.2. The molecule has 1 unspecified atom stereocenters. The number of rotatable bonds is 5. The van der Waals surface area contributed by atoms with Gasteiger partial charge in [0.1, 0.15) is 0 Å². The Balaban J connectivity index is 1.84. The van der Waals surface area contributed by atoms with E-state index in [2.05, 4.69) is 61.5 Å². The first-order chi connectivity index (χ1) is 8.74. The van der Waals surface area contributed by atoms with Crippen LogP contribution in [0.4, 0.5) is 0 Å². The minimum atomic E-state index is 0.215. The lowest BCUT2D eigenvalue weighted by atomic mass is 10.0. The molecule has 0 saturated carbocycles. The second kappa shape index (κ2) is 6.61. The van der Waals surface area contributed by atoms with Gasteiger partial charge in [0.15, 0.2) is 0 Å². The second-order valence-electron chi connectivity index (χ2n) is 4.81. The largest absolute Gasteiger partial charge is 0.123 e. The van der Waals surface area contributed by atoms with E-state index >= 15 is 0 Å². The first-order valence-corrected chi connectivity index (χ1v) is 6.91. The Morgan fingerprint density at radius 2 is 1.67 bits per heavy atom. The molecule has 0 heterocycles. The number of benzene rings is 2. The SMILES string of the molecule is Cc1cccc(CC(Cl)CCc2ccccc2)c1. The number of hydrogen-bond donors (Lipinski definition) is 0. The molecule has 2 aromatic rings. The van der Waals surface area contributed by atoms with E-state index in [0.717, 1.165) is 19.3 Å². The molecule has 0 N–H and O–H groups in total. The molecule has 0 aliphatic heterocycles. The van der Waals surface area contributed by atoms with Crippen LogP contribution in [0.5, 0.6) is 0 Å². The van der Waals surface area contributed by atoms with E-state index in [-0.39, 0.29) is 5.38 Å². The average molecular weight is 259 g/mol. The third-order valence-corrected chi connectivity index (χ3v) is 3.50. The molecule has 0 bridgehead atoms. The average Bonchev–Trinajstić information content (AvgIpc) is 2.38. The van der Waals surface area contributed by atoms with Crippen molar-refractivity contribution in [1.29, 1.82) is 0 Å². The summed E-state index contributed by atoms with van der Waals surface area (Å²) in [6.45, 7) is 2.12. The maximum atomic E-state index is 6.42. The fourth-order valence-electron chi connectivity index (χ4n) is 2.16. The van der Waals surface area contributed by atoms with Crippen molar-refractivity contribution in [2.24, 2.45) is 0 Å². The summed E-state index contributed by atoms with van der Waals surface area (Å²) in [5, 5.41) is 0.215. The predicted octanol–water partition coefficient (Wildman–Crippen LogP) is 4.78. The van der Waals surface area contributed by atoms with E-state index in [1.54, 1.807) is 0 Å². The molecule has 0 nitrogen and oxygen atoms in total. The van der Waals surface area contributed by atoms with Crippen LogP contribution in [0.1, 0.15) is 23.1 Å². The zero-order valence-corrected chi connectivity index (χ0v) is 11.5. The molecular formula is C17H19Cl. The van der Waals surface area contributed by atoms with Gasteiger partial charge in [0.25, 0.3) is 0 Å². The molecule has 0 aliphatic carbocycles. The lowest BCUT2D eigenvalue weighted by Gasteiger charge is -2.10. The maximum Gasteiger partial charge on any atom is 0.0379 e. The summed E-state index contributed by atoms with van der Waals surface area (Å²) in [6, 6.07) is 19.1. The molecule has 0 fully saturated rings. The van der Waals surface area contributed by atoms with Crippen molar-refractivity contribution < 1.29 is 0 Å². The number of aryl methyl sites for hydroxylation is 2. The van der Waals surface area contributed by atoms with Gasteiger partial charge in [-0.15, -0.1) is 11.6 Å². The minimum Gasteiger partial charge on any atom is -0.123 e. The van der Waals surface area contributed by atoms with Gasteiger partial charge in [-0.3, -0.25) is 0 Å². The summed E-state index contributed by atoms with van der Waals surface area (Å²) < 4.78 is 0. The van der Waals surface area contributed by atoms with Gasteiger partial charge in [-0.2, -0.15) is 0 Å². The standard InChI is InChI=1S/C17H19Cl/c1-14-6-5-9-16(12-14)13-17(18)11-10-15-7-3-2-4-8-15/h2-9,12,17H,10-11,13H2,1H3. The molecule has 0 aromatic heterocycles. The van der Waals surface area contributed by atoms with Gasteiger partial charge >= 0.3 is 0 Å². The molecule has 1 heteroatoms. The molecule has 0 saturated heterocycles. The van der Waals surface area contributed by atoms with Crippen molar-refractivity contribution in [3.05, 3.63) is 71.3 Å². The van der Waals surface area contributed by atoms with Crippen LogP contribution in [0, 0.1) is 6.92 Å². The summed E-state index contributed by atoms with van der Waals surface area (Å²) in [5.74, 6) is 0. The molecule has 0 amide bonds. The Bertz CT molecular complexity index is 476. The minimum absolute atomic E-state index is 0.215. The van der Waals surface area contributed by atoms with Crippen LogP contribution in [0.25, 0.3) is 0 Å². The molecule has 18 heavy (non-hydrogen) atoms. The molecule has 0 radical (unpaired) electrons. The lowest BCUT2D eigenvalue weighted by Crippen LogP contribution is -2.05. The zero-order valence-electron chi connectivity index (χ0n) is 10.8. The van der Waals surface area contributed by atoms with Gasteiger partial charge < -0.3 is 0 Å². The monoisotopic (exact) mass is 258 g/mol. The van der Waals surface area contributed by atoms with E-state index in [0.29, 0.717) is 0 Å². The van der Waals surface area contributed by atoms with Crippen LogP contribution in [-0.2, 0) is 12.8 Å². The quantitative estimate of drug-likeness (QED) is 0.677. The molecule has 0 aliphatic rings. The van der Waals surface area contributed by atoms with E-state index in [9.17, 15) is 0 Å². The second-order valence-corrected chi connectivity index (χ2v) is 5.43. The number of hydrogen-bond acceptors (Lipinski definition) is 0. The van der Waals surface area contributed by atoms with E-state index in [1.807, 2.05) is 0 Å². The summed E-state index contributed by atoms with van der Waals surface area (Å²) in [7, 11) is 0. The predicted molar refractivity (Wildman–Crippen MR) is 79.3 cm³/mol. The van der Waals surface area contributed by atoms with Gasteiger partial charge in [-0.05, 0) is 37.3 Å². The highest BCUT2D eigenvalue weighted by atomic mass is 35.5. The van der Waals surface area contributed by atoms with Crippen LogP contribution in [0.3, 0.4) is 0 Å². The maximum absolute atomic E-state index is 6.42. The summed E-state index contributed by atoms with van der Waals surface area (Å²) in [6.07, 6.45) is 3.04. The van der Waals surface area contributed by atoms with Gasteiger partial charge in [0, 0.05) is 5.38 Å². The van der Waals surface area contributed by atoms with Crippen molar-refractivity contribution in [2.75, 3.05) is 0 Å². The topological polar surface area (TPSA) is 0 Å². The molecule has 1 atom stereocenters. The van der Waals surface area contributed by atoms with Crippen molar-refractivity contribution in [1.82, 2.24) is 0 Å². The highest BCUT2D eigenvalue weighted by molar-refractivity contribution is 6.20. The zero-order chi connectivity index (χ0) is 12.8. The molecular weight excluding hydrogens is 240 g/mol. The highest BCUT2D eigenvalue weighted by Gasteiger charge is 2.06. The Morgan fingerprint density at radius 1 is 0.944 bits per heavy atom. The highest BCUT2D eigenvalue weighted by Crippen LogP contribution is 2.15. The van der Waals surface area contributed by atoms with Gasteiger partial charge in [-0.1, -0.05) is 60.2 Å². The molecule has 94 valence electrons. The van der Waals surface area contributed by atoms with E-state index in [4.69, 9.17) is 11.6 Å².